The Bertz CT molecular complexity index is 1180. The van der Waals surface area contributed by atoms with Gasteiger partial charge in [-0.15, -0.1) is 0 Å². The summed E-state index contributed by atoms with van der Waals surface area (Å²) in [6.07, 6.45) is -2.24. The molecule has 3 N–H and O–H groups in total. The van der Waals surface area contributed by atoms with Crippen LogP contribution in [0.4, 0.5) is 24.9 Å². The van der Waals surface area contributed by atoms with Crippen LogP contribution < -0.4 is 15.5 Å². The van der Waals surface area contributed by atoms with Gasteiger partial charge in [0.2, 0.25) is 5.95 Å². The molecule has 33 heavy (non-hydrogen) atoms. The molecule has 0 amide bonds. The molecular weight excluding hydrogens is 439 g/mol. The molecule has 1 spiro atoms. The quantitative estimate of drug-likeness (QED) is 0.543. The Kier molecular flexibility index (Phi) is 4.71. The summed E-state index contributed by atoms with van der Waals surface area (Å²) >= 11 is 0. The van der Waals surface area contributed by atoms with Crippen LogP contribution in [-0.4, -0.2) is 77.6 Å². The van der Waals surface area contributed by atoms with E-state index in [0.29, 0.717) is 62.6 Å². The smallest absolute Gasteiger partial charge is 0.378 e. The fraction of sp³-hybridized carbons (Fsp3) is 0.476. The number of nitrogens with one attached hydrogen (secondary N) is 3. The molecule has 174 valence electrons. The van der Waals surface area contributed by atoms with Crippen molar-refractivity contribution < 1.29 is 22.6 Å². The number of fused-ring (bicyclic) bond motifs is 1. The molecule has 9 nitrogen and oxygen atoms in total. The molecule has 0 saturated carbocycles. The lowest BCUT2D eigenvalue weighted by Gasteiger charge is -2.55. The maximum absolute atomic E-state index is 13.8. The number of halogens is 3. The number of hydrogen-bond acceptors (Lipinski definition) is 8. The third-order valence-electron chi connectivity index (χ3n) is 6.53. The van der Waals surface area contributed by atoms with E-state index >= 15 is 0 Å². The van der Waals surface area contributed by atoms with Gasteiger partial charge < -0.3 is 30.0 Å². The monoisotopic (exact) mass is 461 g/mol. The molecule has 3 aliphatic rings. The number of H-pyrrole nitrogens is 1. The van der Waals surface area contributed by atoms with Gasteiger partial charge in [-0.1, -0.05) is 0 Å². The first-order valence-electron chi connectivity index (χ1n) is 10.8. The van der Waals surface area contributed by atoms with Crippen molar-refractivity contribution in [3.63, 3.8) is 0 Å². The molecule has 3 aromatic heterocycles. The van der Waals surface area contributed by atoms with Crippen molar-refractivity contribution in [2.45, 2.75) is 17.8 Å². The summed E-state index contributed by atoms with van der Waals surface area (Å²) in [4.78, 5) is 18.0. The molecule has 6 heterocycles. The lowest BCUT2D eigenvalue weighted by molar-refractivity contribution is -0.184. The number of ether oxygens (including phenoxy) is 2. The average molecular weight is 461 g/mol. The molecule has 6 rings (SSSR count). The third-order valence-corrected chi connectivity index (χ3v) is 6.53. The molecule has 3 aromatic rings. The van der Waals surface area contributed by atoms with Crippen LogP contribution in [0.1, 0.15) is 5.56 Å². The van der Waals surface area contributed by atoms with Crippen LogP contribution >= 0.6 is 0 Å². The summed E-state index contributed by atoms with van der Waals surface area (Å²) < 4.78 is 52.5. The molecule has 12 heteroatoms. The van der Waals surface area contributed by atoms with Gasteiger partial charge in [0.05, 0.1) is 31.6 Å². The molecule has 3 fully saturated rings. The molecule has 3 aliphatic heterocycles. The van der Waals surface area contributed by atoms with Crippen LogP contribution in [0.25, 0.3) is 22.3 Å². The first kappa shape index (κ1) is 20.6. The molecule has 3 saturated heterocycles. The number of alkyl halides is 3. The number of aromatic nitrogens is 4. The predicted molar refractivity (Wildman–Crippen MR) is 114 cm³/mol. The Hall–Kier alpha value is -2.96. The maximum Gasteiger partial charge on any atom is 0.419 e. The summed E-state index contributed by atoms with van der Waals surface area (Å²) in [6.45, 7) is 4.51. The van der Waals surface area contributed by atoms with Crippen molar-refractivity contribution in [2.75, 3.05) is 56.2 Å². The van der Waals surface area contributed by atoms with Gasteiger partial charge in [0.25, 0.3) is 0 Å². The van der Waals surface area contributed by atoms with E-state index in [1.165, 1.54) is 6.20 Å². The summed E-state index contributed by atoms with van der Waals surface area (Å²) in [5.41, 5.74) is -0.576. The van der Waals surface area contributed by atoms with Crippen molar-refractivity contribution in [3.05, 3.63) is 30.1 Å². The van der Waals surface area contributed by atoms with Gasteiger partial charge in [-0.25, -0.2) is 15.0 Å². The van der Waals surface area contributed by atoms with E-state index in [-0.39, 0.29) is 23.3 Å². The lowest BCUT2D eigenvalue weighted by Crippen LogP contribution is -2.77. The molecule has 1 atom stereocenters. The molecule has 0 radical (unpaired) electrons. The van der Waals surface area contributed by atoms with Crippen molar-refractivity contribution in [1.82, 2.24) is 25.3 Å². The second kappa shape index (κ2) is 7.54. The number of morpholine rings is 1. The van der Waals surface area contributed by atoms with Gasteiger partial charge in [0.1, 0.15) is 22.6 Å². The molecule has 0 aliphatic carbocycles. The van der Waals surface area contributed by atoms with E-state index in [4.69, 9.17) is 9.47 Å². The van der Waals surface area contributed by atoms with Crippen LogP contribution in [-0.2, 0) is 15.7 Å². The molecule has 0 bridgehead atoms. The Morgan fingerprint density at radius 3 is 2.64 bits per heavy atom. The van der Waals surface area contributed by atoms with Crippen molar-refractivity contribution in [1.29, 1.82) is 0 Å². The van der Waals surface area contributed by atoms with Crippen LogP contribution in [0, 0.1) is 0 Å². The second-order valence-electron chi connectivity index (χ2n) is 8.50. The third kappa shape index (κ3) is 3.49. The predicted octanol–water partition coefficient (Wildman–Crippen LogP) is 2.03. The highest BCUT2D eigenvalue weighted by molar-refractivity contribution is 5.94. The highest BCUT2D eigenvalue weighted by Gasteiger charge is 2.53. The minimum absolute atomic E-state index is 0.0518. The number of hydrogen-bond donors (Lipinski definition) is 3. The van der Waals surface area contributed by atoms with E-state index < -0.39 is 11.7 Å². The van der Waals surface area contributed by atoms with E-state index in [9.17, 15) is 13.2 Å². The number of rotatable bonds is 4. The average Bonchev–Trinajstić information content (AvgIpc) is 3.19. The Morgan fingerprint density at radius 1 is 1.15 bits per heavy atom. The SMILES string of the molecule is FC(F)(F)c1cnc(NC2COC23CNC3)nc1-c1c[nH]c2nc(N3CCOCC3)ccc12. The zero-order chi connectivity index (χ0) is 22.6. The Morgan fingerprint density at radius 2 is 1.97 bits per heavy atom. The fourth-order valence-electron chi connectivity index (χ4n) is 4.47. The van der Waals surface area contributed by atoms with Crippen molar-refractivity contribution in [3.8, 4) is 11.3 Å². The topological polar surface area (TPSA) is 100 Å². The van der Waals surface area contributed by atoms with E-state index in [2.05, 4.69) is 35.5 Å². The van der Waals surface area contributed by atoms with Gasteiger partial charge in [0.15, 0.2) is 0 Å². The minimum Gasteiger partial charge on any atom is -0.378 e. The van der Waals surface area contributed by atoms with Crippen LogP contribution in [0.5, 0.6) is 0 Å². The van der Waals surface area contributed by atoms with E-state index in [1.54, 1.807) is 6.07 Å². The van der Waals surface area contributed by atoms with Gasteiger partial charge in [-0.2, -0.15) is 13.2 Å². The first-order chi connectivity index (χ1) is 15.9. The lowest BCUT2D eigenvalue weighted by atomic mass is 9.83. The zero-order valence-corrected chi connectivity index (χ0v) is 17.6. The largest absolute Gasteiger partial charge is 0.419 e. The maximum atomic E-state index is 13.8. The Balaban J connectivity index is 1.36. The van der Waals surface area contributed by atoms with Gasteiger partial charge in [0, 0.05) is 49.5 Å². The highest BCUT2D eigenvalue weighted by atomic mass is 19.4. The molecular formula is C21H22F3N7O2. The van der Waals surface area contributed by atoms with Crippen molar-refractivity contribution >= 4 is 22.8 Å². The molecule has 0 aromatic carbocycles. The minimum atomic E-state index is -4.60. The normalized spacial score (nSPS) is 22.3. The summed E-state index contributed by atoms with van der Waals surface area (Å²) in [6, 6.07) is 3.55. The number of aromatic amines is 1. The zero-order valence-electron chi connectivity index (χ0n) is 17.6. The summed E-state index contributed by atoms with van der Waals surface area (Å²) in [5, 5.41) is 6.87. The number of anilines is 2. The van der Waals surface area contributed by atoms with E-state index in [0.717, 1.165) is 12.0 Å². The Labute approximate surface area is 186 Å². The van der Waals surface area contributed by atoms with Crippen molar-refractivity contribution in [2.24, 2.45) is 0 Å². The van der Waals surface area contributed by atoms with E-state index in [1.807, 2.05) is 6.07 Å². The summed E-state index contributed by atoms with van der Waals surface area (Å²) in [5.74, 6) is 0.898. The van der Waals surface area contributed by atoms with Gasteiger partial charge >= 0.3 is 6.18 Å². The first-order valence-corrected chi connectivity index (χ1v) is 10.8. The number of nitrogens with zero attached hydrogens (tertiary/aromatic N) is 4. The molecule has 1 unspecified atom stereocenters. The van der Waals surface area contributed by atoms with Crippen LogP contribution in [0.3, 0.4) is 0 Å². The van der Waals surface area contributed by atoms with Gasteiger partial charge in [-0.3, -0.25) is 0 Å². The highest BCUT2D eigenvalue weighted by Crippen LogP contribution is 2.39. The second-order valence-corrected chi connectivity index (χ2v) is 8.50. The van der Waals surface area contributed by atoms with Gasteiger partial charge in [-0.05, 0) is 12.1 Å². The summed E-state index contributed by atoms with van der Waals surface area (Å²) in [7, 11) is 0. The van der Waals surface area contributed by atoms with Crippen LogP contribution in [0.15, 0.2) is 24.5 Å². The fourth-order valence-corrected chi connectivity index (χ4v) is 4.47. The number of pyridine rings is 1. The van der Waals surface area contributed by atoms with Crippen LogP contribution in [0.2, 0.25) is 0 Å². The standard InChI is InChI=1S/C21H22F3N7O2/c22-21(23,24)14-8-27-19(28-15-9-33-20(15)10-25-11-20)30-17(14)13-7-26-18-12(13)1-2-16(29-18)31-3-5-32-6-4-31/h1-2,7-8,15,25H,3-6,9-11H2,(H,26,29)(H,27,28,30).